The van der Waals surface area contributed by atoms with E-state index in [1.54, 1.807) is 37.2 Å². The highest BCUT2D eigenvalue weighted by Gasteiger charge is 2.13. The van der Waals surface area contributed by atoms with Crippen LogP contribution in [0.15, 0.2) is 23.5 Å². The van der Waals surface area contributed by atoms with E-state index in [0.29, 0.717) is 17.9 Å². The summed E-state index contributed by atoms with van der Waals surface area (Å²) in [7, 11) is 1.80. The van der Waals surface area contributed by atoms with Crippen LogP contribution in [-0.4, -0.2) is 40.8 Å². The number of likely N-dealkylation sites (N-methyl/N-ethyl adjacent to an activating group) is 1. The number of nitrogens with zero attached hydrogens (tertiary/aromatic N) is 3. The van der Waals surface area contributed by atoms with Crippen LogP contribution in [-0.2, 0) is 0 Å². The summed E-state index contributed by atoms with van der Waals surface area (Å²) >= 11 is 0. The lowest BCUT2D eigenvalue weighted by Gasteiger charge is -2.22. The van der Waals surface area contributed by atoms with E-state index < -0.39 is 6.10 Å². The molecular weight excluding hydrogens is 208 g/mol. The van der Waals surface area contributed by atoms with E-state index >= 15 is 0 Å². The SMILES string of the molecule is CC(O)CN(C)c1cccnc1/C(N)=N/O. The molecule has 1 rings (SSSR count). The van der Waals surface area contributed by atoms with Crippen LogP contribution in [0.1, 0.15) is 12.6 Å². The molecule has 0 aromatic carbocycles. The van der Waals surface area contributed by atoms with Crippen LogP contribution in [0.4, 0.5) is 5.69 Å². The number of hydrogen-bond donors (Lipinski definition) is 3. The highest BCUT2D eigenvalue weighted by Crippen LogP contribution is 2.16. The van der Waals surface area contributed by atoms with Gasteiger partial charge in [0.15, 0.2) is 5.84 Å². The van der Waals surface area contributed by atoms with Gasteiger partial charge in [0.25, 0.3) is 0 Å². The number of aliphatic hydroxyl groups excluding tert-OH is 1. The maximum absolute atomic E-state index is 9.30. The maximum Gasteiger partial charge on any atom is 0.190 e. The molecule has 16 heavy (non-hydrogen) atoms. The lowest BCUT2D eigenvalue weighted by atomic mass is 10.2. The molecule has 0 bridgehead atoms. The number of aliphatic hydroxyl groups is 1. The maximum atomic E-state index is 9.30. The number of pyridine rings is 1. The summed E-state index contributed by atoms with van der Waals surface area (Å²) in [6.07, 6.45) is 1.10. The number of rotatable bonds is 4. The molecule has 0 aliphatic heterocycles. The molecule has 0 saturated carbocycles. The topological polar surface area (TPSA) is 95.0 Å². The van der Waals surface area contributed by atoms with Crippen LogP contribution in [0.3, 0.4) is 0 Å². The number of nitrogens with two attached hydrogens (primary N) is 1. The Bertz CT molecular complexity index is 379. The van der Waals surface area contributed by atoms with Crippen molar-refractivity contribution in [2.45, 2.75) is 13.0 Å². The van der Waals surface area contributed by atoms with Crippen molar-refractivity contribution < 1.29 is 10.3 Å². The second kappa shape index (κ2) is 5.32. The Morgan fingerprint density at radius 3 is 2.94 bits per heavy atom. The normalized spacial score (nSPS) is 13.6. The lowest BCUT2D eigenvalue weighted by Crippen LogP contribution is -2.29. The minimum atomic E-state index is -0.467. The fraction of sp³-hybridized carbons (Fsp3) is 0.400. The first-order valence-electron chi connectivity index (χ1n) is 4.88. The molecule has 1 heterocycles. The molecule has 0 radical (unpaired) electrons. The van der Waals surface area contributed by atoms with Gasteiger partial charge >= 0.3 is 0 Å². The molecule has 1 atom stereocenters. The van der Waals surface area contributed by atoms with Crippen LogP contribution in [0.2, 0.25) is 0 Å². The minimum absolute atomic E-state index is 0.0481. The Labute approximate surface area is 94.0 Å². The van der Waals surface area contributed by atoms with Crippen LogP contribution < -0.4 is 10.6 Å². The summed E-state index contributed by atoms with van der Waals surface area (Å²) in [4.78, 5) is 5.84. The smallest absolute Gasteiger partial charge is 0.190 e. The largest absolute Gasteiger partial charge is 0.409 e. The van der Waals surface area contributed by atoms with Crippen molar-refractivity contribution in [1.82, 2.24) is 4.98 Å². The van der Waals surface area contributed by atoms with Gasteiger partial charge < -0.3 is 20.9 Å². The van der Waals surface area contributed by atoms with Crippen LogP contribution in [0.25, 0.3) is 0 Å². The van der Waals surface area contributed by atoms with Gasteiger partial charge in [0.05, 0.1) is 11.8 Å². The summed E-state index contributed by atoms with van der Waals surface area (Å²) in [5, 5.41) is 20.9. The van der Waals surface area contributed by atoms with E-state index in [9.17, 15) is 5.11 Å². The monoisotopic (exact) mass is 224 g/mol. The van der Waals surface area contributed by atoms with Crippen molar-refractivity contribution in [3.05, 3.63) is 24.0 Å². The number of amidine groups is 1. The number of aromatic nitrogens is 1. The number of anilines is 1. The van der Waals surface area contributed by atoms with Gasteiger partial charge in [0.2, 0.25) is 0 Å². The Morgan fingerprint density at radius 1 is 1.69 bits per heavy atom. The van der Waals surface area contributed by atoms with E-state index in [2.05, 4.69) is 10.1 Å². The summed E-state index contributed by atoms with van der Waals surface area (Å²) in [5.74, 6) is -0.0481. The Morgan fingerprint density at radius 2 is 2.38 bits per heavy atom. The summed E-state index contributed by atoms with van der Waals surface area (Å²) in [6, 6.07) is 3.55. The summed E-state index contributed by atoms with van der Waals surface area (Å²) in [5.41, 5.74) is 6.62. The highest BCUT2D eigenvalue weighted by atomic mass is 16.4. The van der Waals surface area contributed by atoms with Gasteiger partial charge in [-0.2, -0.15) is 0 Å². The summed E-state index contributed by atoms with van der Waals surface area (Å²) in [6.45, 7) is 2.13. The zero-order chi connectivity index (χ0) is 12.1. The van der Waals surface area contributed by atoms with Crippen LogP contribution in [0.5, 0.6) is 0 Å². The third-order valence-corrected chi connectivity index (χ3v) is 2.09. The number of oxime groups is 1. The molecule has 1 aromatic rings. The first-order chi connectivity index (χ1) is 7.56. The van der Waals surface area contributed by atoms with Crippen molar-refractivity contribution in [2.75, 3.05) is 18.5 Å². The molecular formula is C10H16N4O2. The standard InChI is InChI=1S/C10H16N4O2/c1-7(15)6-14(2)8-4-3-5-12-9(8)10(11)13-16/h3-5,7,15-16H,6H2,1-2H3,(H2,11,13). The summed E-state index contributed by atoms with van der Waals surface area (Å²) < 4.78 is 0. The predicted octanol–water partition coefficient (Wildman–Crippen LogP) is -0.00690. The van der Waals surface area contributed by atoms with Crippen molar-refractivity contribution in [1.29, 1.82) is 0 Å². The first kappa shape index (κ1) is 12.3. The van der Waals surface area contributed by atoms with Gasteiger partial charge in [-0.05, 0) is 19.1 Å². The van der Waals surface area contributed by atoms with Gasteiger partial charge in [-0.1, -0.05) is 5.16 Å². The van der Waals surface area contributed by atoms with E-state index in [-0.39, 0.29) is 5.84 Å². The molecule has 4 N–H and O–H groups in total. The molecule has 6 heteroatoms. The predicted molar refractivity (Wildman–Crippen MR) is 61.7 cm³/mol. The average molecular weight is 224 g/mol. The molecule has 1 aromatic heterocycles. The zero-order valence-electron chi connectivity index (χ0n) is 9.33. The molecule has 0 aliphatic carbocycles. The Kier molecular flexibility index (Phi) is 4.07. The molecule has 0 saturated heterocycles. The van der Waals surface area contributed by atoms with E-state index in [4.69, 9.17) is 10.9 Å². The molecule has 0 amide bonds. The third kappa shape index (κ3) is 2.83. The Hall–Kier alpha value is -1.82. The van der Waals surface area contributed by atoms with Gasteiger partial charge in [0, 0.05) is 19.8 Å². The van der Waals surface area contributed by atoms with E-state index in [1.807, 2.05) is 0 Å². The fourth-order valence-corrected chi connectivity index (χ4v) is 1.44. The first-order valence-corrected chi connectivity index (χ1v) is 4.88. The Balaban J connectivity index is 3.03. The molecule has 0 aliphatic rings. The van der Waals surface area contributed by atoms with Gasteiger partial charge in [-0.3, -0.25) is 4.98 Å². The number of hydrogen-bond acceptors (Lipinski definition) is 5. The molecule has 88 valence electrons. The highest BCUT2D eigenvalue weighted by molar-refractivity contribution is 6.00. The van der Waals surface area contributed by atoms with Crippen molar-refractivity contribution in [3.63, 3.8) is 0 Å². The van der Waals surface area contributed by atoms with Gasteiger partial charge in [-0.25, -0.2) is 0 Å². The second-order valence-corrected chi connectivity index (χ2v) is 3.59. The van der Waals surface area contributed by atoms with Crippen molar-refractivity contribution in [2.24, 2.45) is 10.9 Å². The molecule has 0 spiro atoms. The third-order valence-electron chi connectivity index (χ3n) is 2.09. The van der Waals surface area contributed by atoms with Crippen LogP contribution in [0, 0.1) is 0 Å². The van der Waals surface area contributed by atoms with Crippen molar-refractivity contribution >= 4 is 11.5 Å². The quantitative estimate of drug-likeness (QED) is 0.289. The fourth-order valence-electron chi connectivity index (χ4n) is 1.44. The van der Waals surface area contributed by atoms with Gasteiger partial charge in [-0.15, -0.1) is 0 Å². The molecule has 6 nitrogen and oxygen atoms in total. The van der Waals surface area contributed by atoms with Crippen molar-refractivity contribution in [3.8, 4) is 0 Å². The van der Waals surface area contributed by atoms with Gasteiger partial charge in [0.1, 0.15) is 5.69 Å². The minimum Gasteiger partial charge on any atom is -0.409 e. The lowest BCUT2D eigenvalue weighted by molar-refractivity contribution is 0.201. The average Bonchev–Trinajstić information content (AvgIpc) is 2.27. The zero-order valence-corrected chi connectivity index (χ0v) is 9.33. The van der Waals surface area contributed by atoms with Crippen LogP contribution >= 0.6 is 0 Å². The van der Waals surface area contributed by atoms with E-state index in [0.717, 1.165) is 0 Å². The molecule has 0 fully saturated rings. The second-order valence-electron chi connectivity index (χ2n) is 3.59. The van der Waals surface area contributed by atoms with E-state index in [1.165, 1.54) is 0 Å². The molecule has 1 unspecified atom stereocenters.